The Morgan fingerprint density at radius 2 is 1.94 bits per heavy atom. The molecule has 1 aliphatic heterocycles. The smallest absolute Gasteiger partial charge is 0.160 e. The van der Waals surface area contributed by atoms with E-state index < -0.39 is 11.6 Å². The minimum Gasteiger partial charge on any atom is -0.366 e. The van der Waals surface area contributed by atoms with Gasteiger partial charge in [0.05, 0.1) is 0 Å². The summed E-state index contributed by atoms with van der Waals surface area (Å²) in [5.74, 6) is -1.56. The molecule has 1 aromatic carbocycles. The summed E-state index contributed by atoms with van der Waals surface area (Å²) in [6.45, 7) is 4.84. The van der Waals surface area contributed by atoms with Crippen LogP contribution in [0.15, 0.2) is 18.2 Å². The molecule has 0 aliphatic carbocycles. The average Bonchev–Trinajstić information content (AvgIpc) is 2.22. The molecule has 16 heavy (non-hydrogen) atoms. The SMILES string of the molecule is C[C@H]1CN(C)CCN1c1ccc(F)c(F)c1. The van der Waals surface area contributed by atoms with E-state index in [2.05, 4.69) is 23.8 Å². The fourth-order valence-electron chi connectivity index (χ4n) is 2.19. The van der Waals surface area contributed by atoms with Crippen LogP contribution in [0.3, 0.4) is 0 Å². The van der Waals surface area contributed by atoms with E-state index in [-0.39, 0.29) is 0 Å². The largest absolute Gasteiger partial charge is 0.366 e. The lowest BCUT2D eigenvalue weighted by molar-refractivity contribution is 0.275. The highest BCUT2D eigenvalue weighted by Crippen LogP contribution is 2.22. The van der Waals surface area contributed by atoms with Crippen LogP contribution in [0.5, 0.6) is 0 Å². The van der Waals surface area contributed by atoms with Crippen molar-refractivity contribution < 1.29 is 8.78 Å². The maximum absolute atomic E-state index is 13.1. The Labute approximate surface area is 94.5 Å². The summed E-state index contributed by atoms with van der Waals surface area (Å²) in [6.07, 6.45) is 0. The van der Waals surface area contributed by atoms with E-state index in [4.69, 9.17) is 0 Å². The van der Waals surface area contributed by atoms with Crippen molar-refractivity contribution in [3.63, 3.8) is 0 Å². The number of likely N-dealkylation sites (N-methyl/N-ethyl adjacent to an activating group) is 1. The van der Waals surface area contributed by atoms with E-state index in [1.807, 2.05) is 0 Å². The van der Waals surface area contributed by atoms with Gasteiger partial charge in [-0.3, -0.25) is 0 Å². The number of rotatable bonds is 1. The Kier molecular flexibility index (Phi) is 3.10. The number of hydrogen-bond donors (Lipinski definition) is 0. The summed E-state index contributed by atoms with van der Waals surface area (Å²) >= 11 is 0. The van der Waals surface area contributed by atoms with E-state index in [9.17, 15) is 8.78 Å². The van der Waals surface area contributed by atoms with E-state index in [1.165, 1.54) is 12.1 Å². The van der Waals surface area contributed by atoms with E-state index >= 15 is 0 Å². The number of hydrogen-bond acceptors (Lipinski definition) is 2. The molecule has 1 atom stereocenters. The predicted molar refractivity (Wildman–Crippen MR) is 60.7 cm³/mol. The molecule has 0 spiro atoms. The zero-order chi connectivity index (χ0) is 11.7. The van der Waals surface area contributed by atoms with Crippen LogP contribution in [0, 0.1) is 11.6 Å². The summed E-state index contributed by atoms with van der Waals surface area (Å²) in [5, 5.41) is 0. The maximum atomic E-state index is 13.1. The third-order valence-electron chi connectivity index (χ3n) is 3.07. The quantitative estimate of drug-likeness (QED) is 0.723. The normalized spacial score (nSPS) is 22.5. The second-order valence-corrected chi connectivity index (χ2v) is 4.40. The van der Waals surface area contributed by atoms with Gasteiger partial charge in [0.25, 0.3) is 0 Å². The summed E-state index contributed by atoms with van der Waals surface area (Å²) in [6, 6.07) is 4.43. The second-order valence-electron chi connectivity index (χ2n) is 4.40. The molecule has 0 N–H and O–H groups in total. The Morgan fingerprint density at radius 3 is 2.56 bits per heavy atom. The van der Waals surface area contributed by atoms with Crippen LogP contribution in [0.25, 0.3) is 0 Å². The van der Waals surface area contributed by atoms with Crippen LogP contribution in [0.1, 0.15) is 6.92 Å². The first kappa shape index (κ1) is 11.3. The van der Waals surface area contributed by atoms with Crippen LogP contribution < -0.4 is 4.90 Å². The molecule has 0 bridgehead atoms. The topological polar surface area (TPSA) is 6.48 Å². The molecule has 4 heteroatoms. The molecule has 2 nitrogen and oxygen atoms in total. The molecule has 1 fully saturated rings. The zero-order valence-corrected chi connectivity index (χ0v) is 9.58. The summed E-state index contributed by atoms with van der Waals surface area (Å²) < 4.78 is 25.9. The summed E-state index contributed by atoms with van der Waals surface area (Å²) in [7, 11) is 2.07. The van der Waals surface area contributed by atoms with Gasteiger partial charge in [-0.25, -0.2) is 8.78 Å². The van der Waals surface area contributed by atoms with Gasteiger partial charge in [0.1, 0.15) is 0 Å². The highest BCUT2D eigenvalue weighted by atomic mass is 19.2. The molecule has 0 amide bonds. The lowest BCUT2D eigenvalue weighted by atomic mass is 10.1. The molecule has 0 saturated carbocycles. The van der Waals surface area contributed by atoms with Crippen LogP contribution >= 0.6 is 0 Å². The van der Waals surface area contributed by atoms with Gasteiger partial charge >= 0.3 is 0 Å². The first-order valence-corrected chi connectivity index (χ1v) is 5.48. The van der Waals surface area contributed by atoms with Crippen molar-refractivity contribution in [2.24, 2.45) is 0 Å². The van der Waals surface area contributed by atoms with Crippen LogP contribution in [-0.2, 0) is 0 Å². The lowest BCUT2D eigenvalue weighted by Crippen LogP contribution is -2.50. The molecule has 88 valence electrons. The molecule has 0 aromatic heterocycles. The number of halogens is 2. The average molecular weight is 226 g/mol. The molecule has 1 saturated heterocycles. The molecule has 0 radical (unpaired) electrons. The standard InChI is InChI=1S/C12H16F2N2/c1-9-8-15(2)5-6-16(9)10-3-4-11(13)12(14)7-10/h3-4,7,9H,5-6,8H2,1-2H3/t9-/m0/s1. The molecule has 2 rings (SSSR count). The third-order valence-corrected chi connectivity index (χ3v) is 3.07. The minimum absolute atomic E-state index is 0.323. The van der Waals surface area contributed by atoms with Crippen molar-refractivity contribution in [3.05, 3.63) is 29.8 Å². The zero-order valence-electron chi connectivity index (χ0n) is 9.58. The van der Waals surface area contributed by atoms with Gasteiger partial charge in [0.15, 0.2) is 11.6 Å². The highest BCUT2D eigenvalue weighted by Gasteiger charge is 2.22. The molecule has 1 heterocycles. The monoisotopic (exact) mass is 226 g/mol. The maximum Gasteiger partial charge on any atom is 0.160 e. The van der Waals surface area contributed by atoms with Gasteiger partial charge in [-0.1, -0.05) is 0 Å². The Balaban J connectivity index is 2.20. The molecule has 0 unspecified atom stereocenters. The number of piperazine rings is 1. The van der Waals surface area contributed by atoms with Crippen molar-refractivity contribution in [1.82, 2.24) is 4.90 Å². The van der Waals surface area contributed by atoms with Crippen molar-refractivity contribution in [2.45, 2.75) is 13.0 Å². The minimum atomic E-state index is -0.787. The van der Waals surface area contributed by atoms with Gasteiger partial charge in [0.2, 0.25) is 0 Å². The number of benzene rings is 1. The van der Waals surface area contributed by atoms with Crippen molar-refractivity contribution in [2.75, 3.05) is 31.6 Å². The van der Waals surface area contributed by atoms with Crippen molar-refractivity contribution in [1.29, 1.82) is 0 Å². The molecular formula is C12H16F2N2. The summed E-state index contributed by atoms with van der Waals surface area (Å²) in [5.41, 5.74) is 0.763. The third kappa shape index (κ3) is 2.16. The van der Waals surface area contributed by atoms with E-state index in [0.29, 0.717) is 6.04 Å². The van der Waals surface area contributed by atoms with Gasteiger partial charge in [-0.2, -0.15) is 0 Å². The fourth-order valence-corrected chi connectivity index (χ4v) is 2.19. The molecular weight excluding hydrogens is 210 g/mol. The first-order chi connectivity index (χ1) is 7.58. The molecule has 1 aliphatic rings. The first-order valence-electron chi connectivity index (χ1n) is 5.48. The number of anilines is 1. The van der Waals surface area contributed by atoms with Gasteiger partial charge < -0.3 is 9.80 Å². The van der Waals surface area contributed by atoms with Crippen LogP contribution in [0.2, 0.25) is 0 Å². The van der Waals surface area contributed by atoms with Crippen molar-refractivity contribution >= 4 is 5.69 Å². The highest BCUT2D eigenvalue weighted by molar-refractivity contribution is 5.48. The fraction of sp³-hybridized carbons (Fsp3) is 0.500. The lowest BCUT2D eigenvalue weighted by Gasteiger charge is -2.39. The Bertz CT molecular complexity index is 381. The van der Waals surface area contributed by atoms with Gasteiger partial charge in [-0.05, 0) is 26.1 Å². The van der Waals surface area contributed by atoms with E-state index in [0.717, 1.165) is 25.3 Å². The second kappa shape index (κ2) is 4.37. The van der Waals surface area contributed by atoms with E-state index in [1.54, 1.807) is 6.07 Å². The molecule has 1 aromatic rings. The van der Waals surface area contributed by atoms with Crippen molar-refractivity contribution in [3.8, 4) is 0 Å². The Morgan fingerprint density at radius 1 is 1.19 bits per heavy atom. The van der Waals surface area contributed by atoms with Gasteiger partial charge in [-0.15, -0.1) is 0 Å². The van der Waals surface area contributed by atoms with Gasteiger partial charge in [0, 0.05) is 37.4 Å². The summed E-state index contributed by atoms with van der Waals surface area (Å²) in [4.78, 5) is 4.35. The number of nitrogens with zero attached hydrogens (tertiary/aromatic N) is 2. The van der Waals surface area contributed by atoms with Crippen LogP contribution in [-0.4, -0.2) is 37.6 Å². The van der Waals surface area contributed by atoms with Crippen LogP contribution in [0.4, 0.5) is 14.5 Å². The predicted octanol–water partition coefficient (Wildman–Crippen LogP) is 2.11. The Hall–Kier alpha value is -1.16.